The van der Waals surface area contributed by atoms with E-state index in [4.69, 9.17) is 4.74 Å². The molecule has 0 fully saturated rings. The van der Waals surface area contributed by atoms with Crippen LogP contribution in [0.1, 0.15) is 21.6 Å². The number of carbonyl (C=O) groups excluding carboxylic acids is 1. The van der Waals surface area contributed by atoms with Crippen LogP contribution in [-0.2, 0) is 0 Å². The minimum Gasteiger partial charge on any atom is -0.496 e. The highest BCUT2D eigenvalue weighted by atomic mass is 32.1. The highest BCUT2D eigenvalue weighted by Gasteiger charge is 2.15. The predicted molar refractivity (Wildman–Crippen MR) is 93.6 cm³/mol. The number of hydrogen-bond acceptors (Lipinski definition) is 6. The fourth-order valence-corrected chi connectivity index (χ4v) is 3.15. The summed E-state index contributed by atoms with van der Waals surface area (Å²) >= 11 is 1.36. The molecule has 2 heterocycles. The van der Waals surface area contributed by atoms with E-state index in [-0.39, 0.29) is 5.91 Å². The Kier molecular flexibility index (Phi) is 4.52. The van der Waals surface area contributed by atoms with Crippen molar-refractivity contribution in [1.29, 1.82) is 0 Å². The molecule has 0 atom stereocenters. The number of thiazole rings is 1. The van der Waals surface area contributed by atoms with E-state index < -0.39 is 0 Å². The van der Waals surface area contributed by atoms with Crippen LogP contribution in [0.25, 0.3) is 11.3 Å². The van der Waals surface area contributed by atoms with E-state index >= 15 is 0 Å². The van der Waals surface area contributed by atoms with E-state index in [0.717, 1.165) is 28.1 Å². The number of amides is 1. The summed E-state index contributed by atoms with van der Waals surface area (Å²) in [4.78, 5) is 24.4. The summed E-state index contributed by atoms with van der Waals surface area (Å²) in [7, 11) is 1.64. The number of ether oxygens (including phenoxy) is 1. The molecule has 0 radical (unpaired) electrons. The summed E-state index contributed by atoms with van der Waals surface area (Å²) in [6, 6.07) is 5.61. The van der Waals surface area contributed by atoms with Gasteiger partial charge in [-0.15, -0.1) is 11.3 Å². The van der Waals surface area contributed by atoms with Crippen LogP contribution in [-0.4, -0.2) is 28.0 Å². The molecule has 0 spiro atoms. The zero-order valence-corrected chi connectivity index (χ0v) is 14.3. The minimum atomic E-state index is -0.314. The normalized spacial score (nSPS) is 10.5. The number of methoxy groups -OCH3 is 1. The van der Waals surface area contributed by atoms with Gasteiger partial charge < -0.3 is 4.74 Å². The topological polar surface area (TPSA) is 77.0 Å². The van der Waals surface area contributed by atoms with Crippen molar-refractivity contribution in [2.45, 2.75) is 13.8 Å². The molecule has 0 unspecified atom stereocenters. The first-order valence-corrected chi connectivity index (χ1v) is 8.15. The SMILES string of the molecule is COc1cc(C)cc(C)c1-c1csc(NC(=O)c2ccncn2)n1. The third-order valence-corrected chi connectivity index (χ3v) is 4.22. The molecule has 7 heteroatoms. The Hall–Kier alpha value is -2.80. The van der Waals surface area contributed by atoms with Crippen molar-refractivity contribution in [1.82, 2.24) is 15.0 Å². The third-order valence-electron chi connectivity index (χ3n) is 3.46. The molecule has 122 valence electrons. The van der Waals surface area contributed by atoms with Crippen molar-refractivity contribution in [3.05, 3.63) is 52.9 Å². The van der Waals surface area contributed by atoms with Gasteiger partial charge in [0.2, 0.25) is 0 Å². The maximum absolute atomic E-state index is 12.1. The maximum atomic E-state index is 12.1. The number of nitrogens with zero attached hydrogens (tertiary/aromatic N) is 3. The first-order chi connectivity index (χ1) is 11.6. The Morgan fingerprint density at radius 3 is 2.83 bits per heavy atom. The van der Waals surface area contributed by atoms with Crippen molar-refractivity contribution >= 4 is 22.4 Å². The predicted octanol–water partition coefficient (Wildman–Crippen LogP) is 3.48. The molecular weight excluding hydrogens is 324 g/mol. The summed E-state index contributed by atoms with van der Waals surface area (Å²) in [5, 5.41) is 5.16. The van der Waals surface area contributed by atoms with Crippen molar-refractivity contribution in [2.24, 2.45) is 0 Å². The van der Waals surface area contributed by atoms with E-state index in [2.05, 4.69) is 26.3 Å². The molecule has 0 aliphatic heterocycles. The van der Waals surface area contributed by atoms with Crippen LogP contribution in [0.5, 0.6) is 5.75 Å². The first-order valence-electron chi connectivity index (χ1n) is 7.27. The van der Waals surface area contributed by atoms with Crippen LogP contribution >= 0.6 is 11.3 Å². The van der Waals surface area contributed by atoms with Crippen molar-refractivity contribution in [2.75, 3.05) is 12.4 Å². The van der Waals surface area contributed by atoms with Gasteiger partial charge in [-0.05, 0) is 37.1 Å². The first kappa shape index (κ1) is 16.1. The zero-order valence-electron chi connectivity index (χ0n) is 13.5. The number of hydrogen-bond donors (Lipinski definition) is 1. The van der Waals surface area contributed by atoms with Gasteiger partial charge in [-0.2, -0.15) is 0 Å². The monoisotopic (exact) mass is 340 g/mol. The Morgan fingerprint density at radius 1 is 1.29 bits per heavy atom. The van der Waals surface area contributed by atoms with Gasteiger partial charge in [0.1, 0.15) is 17.8 Å². The lowest BCUT2D eigenvalue weighted by atomic mass is 10.0. The Bertz CT molecular complexity index is 878. The fourth-order valence-electron chi connectivity index (χ4n) is 2.45. The van der Waals surface area contributed by atoms with Crippen LogP contribution in [0.3, 0.4) is 0 Å². The largest absolute Gasteiger partial charge is 0.496 e. The average molecular weight is 340 g/mol. The van der Waals surface area contributed by atoms with Gasteiger partial charge in [0.05, 0.1) is 12.8 Å². The number of aromatic nitrogens is 3. The lowest BCUT2D eigenvalue weighted by molar-refractivity contribution is 0.102. The van der Waals surface area contributed by atoms with E-state index in [1.165, 1.54) is 23.9 Å². The summed E-state index contributed by atoms with van der Waals surface area (Å²) in [5.74, 6) is 0.456. The second kappa shape index (κ2) is 6.76. The highest BCUT2D eigenvalue weighted by molar-refractivity contribution is 7.14. The van der Waals surface area contributed by atoms with Crippen LogP contribution in [0.4, 0.5) is 5.13 Å². The number of nitrogens with one attached hydrogen (secondary N) is 1. The molecule has 3 rings (SSSR count). The quantitative estimate of drug-likeness (QED) is 0.787. The van der Waals surface area contributed by atoms with Gasteiger partial charge in [0.25, 0.3) is 5.91 Å². The molecule has 0 bridgehead atoms. The molecule has 2 aromatic heterocycles. The zero-order chi connectivity index (χ0) is 17.1. The molecule has 3 aromatic rings. The van der Waals surface area contributed by atoms with Crippen LogP contribution in [0, 0.1) is 13.8 Å². The van der Waals surface area contributed by atoms with E-state index in [9.17, 15) is 4.79 Å². The van der Waals surface area contributed by atoms with Crippen LogP contribution in [0.15, 0.2) is 36.1 Å². The van der Waals surface area contributed by atoms with Gasteiger partial charge in [0, 0.05) is 17.1 Å². The number of rotatable bonds is 4. The van der Waals surface area contributed by atoms with Crippen molar-refractivity contribution in [3.63, 3.8) is 0 Å². The Morgan fingerprint density at radius 2 is 2.12 bits per heavy atom. The molecule has 1 amide bonds. The summed E-state index contributed by atoms with van der Waals surface area (Å²) < 4.78 is 5.48. The van der Waals surface area contributed by atoms with Crippen LogP contribution in [0.2, 0.25) is 0 Å². The molecule has 1 aromatic carbocycles. The average Bonchev–Trinajstić information content (AvgIpc) is 3.02. The minimum absolute atomic E-state index is 0.297. The molecule has 0 aliphatic rings. The summed E-state index contributed by atoms with van der Waals surface area (Å²) in [6.07, 6.45) is 2.86. The second-order valence-electron chi connectivity index (χ2n) is 5.25. The third kappa shape index (κ3) is 3.26. The number of aryl methyl sites for hydroxylation is 2. The molecule has 6 nitrogen and oxygen atoms in total. The summed E-state index contributed by atoms with van der Waals surface area (Å²) in [6.45, 7) is 4.04. The highest BCUT2D eigenvalue weighted by Crippen LogP contribution is 2.35. The van der Waals surface area contributed by atoms with E-state index in [0.29, 0.717) is 10.8 Å². The van der Waals surface area contributed by atoms with Crippen molar-refractivity contribution < 1.29 is 9.53 Å². The van der Waals surface area contributed by atoms with Gasteiger partial charge in [-0.1, -0.05) is 6.07 Å². The molecule has 1 N–H and O–H groups in total. The van der Waals surface area contributed by atoms with Crippen LogP contribution < -0.4 is 10.1 Å². The van der Waals surface area contributed by atoms with Gasteiger partial charge in [0.15, 0.2) is 5.13 Å². The van der Waals surface area contributed by atoms with E-state index in [1.807, 2.05) is 25.3 Å². The Balaban J connectivity index is 1.88. The van der Waals surface area contributed by atoms with Gasteiger partial charge >= 0.3 is 0 Å². The van der Waals surface area contributed by atoms with E-state index in [1.54, 1.807) is 13.2 Å². The van der Waals surface area contributed by atoms with Gasteiger partial charge in [-0.25, -0.2) is 15.0 Å². The van der Waals surface area contributed by atoms with Crippen molar-refractivity contribution in [3.8, 4) is 17.0 Å². The molecule has 0 saturated carbocycles. The lowest BCUT2D eigenvalue weighted by Gasteiger charge is -2.11. The maximum Gasteiger partial charge on any atom is 0.276 e. The lowest BCUT2D eigenvalue weighted by Crippen LogP contribution is -2.13. The molecule has 24 heavy (non-hydrogen) atoms. The number of carbonyl (C=O) groups is 1. The number of benzene rings is 1. The number of anilines is 1. The molecular formula is C17H16N4O2S. The van der Waals surface area contributed by atoms with Gasteiger partial charge in [-0.3, -0.25) is 10.1 Å². The molecule has 0 aliphatic carbocycles. The smallest absolute Gasteiger partial charge is 0.276 e. The molecule has 0 saturated heterocycles. The second-order valence-corrected chi connectivity index (χ2v) is 6.10. The standard InChI is InChI=1S/C17H16N4O2S/c1-10-6-11(2)15(14(7-10)23-3)13-8-24-17(20-13)21-16(22)12-4-5-18-9-19-12/h4-9H,1-3H3,(H,20,21,22). The summed E-state index contributed by atoms with van der Waals surface area (Å²) in [5.41, 5.74) is 4.20. The Labute approximate surface area is 143 Å². The fraction of sp³-hybridized carbons (Fsp3) is 0.176.